The van der Waals surface area contributed by atoms with Crippen molar-refractivity contribution in [3.63, 3.8) is 0 Å². The first-order chi connectivity index (χ1) is 9.04. The molecule has 3 nitrogen and oxygen atoms in total. The van der Waals surface area contributed by atoms with E-state index >= 15 is 0 Å². The van der Waals surface area contributed by atoms with Gasteiger partial charge >= 0.3 is 0 Å². The van der Waals surface area contributed by atoms with E-state index in [9.17, 15) is 4.79 Å². The first kappa shape index (κ1) is 14.0. The Hall–Kier alpha value is -1.39. The molecule has 5 heteroatoms. The molecular weight excluding hydrogens is 280 g/mol. The molecule has 2 rings (SSSR count). The van der Waals surface area contributed by atoms with Gasteiger partial charge in [0.1, 0.15) is 5.15 Å². The smallest absolute Gasteiger partial charge is 0.253 e. The molecule has 1 atom stereocenters. The lowest BCUT2D eigenvalue weighted by Gasteiger charge is -2.12. The van der Waals surface area contributed by atoms with Gasteiger partial charge in [0.05, 0.1) is 5.56 Å². The highest BCUT2D eigenvalue weighted by atomic mass is 35.5. The third kappa shape index (κ3) is 4.04. The second-order valence-electron chi connectivity index (χ2n) is 4.46. The molecule has 19 heavy (non-hydrogen) atoms. The normalized spacial score (nSPS) is 12.2. The van der Waals surface area contributed by atoms with Crippen molar-refractivity contribution in [1.29, 1.82) is 0 Å². The van der Waals surface area contributed by atoms with Crippen LogP contribution in [0.5, 0.6) is 0 Å². The van der Waals surface area contributed by atoms with E-state index in [1.807, 2.05) is 6.92 Å². The summed E-state index contributed by atoms with van der Waals surface area (Å²) in [6.07, 6.45) is 2.32. The number of carbonyl (C=O) groups is 1. The Balaban J connectivity index is 1.93. The van der Waals surface area contributed by atoms with E-state index < -0.39 is 0 Å². The number of rotatable bonds is 4. The highest BCUT2D eigenvalue weighted by Crippen LogP contribution is 2.16. The van der Waals surface area contributed by atoms with Crippen molar-refractivity contribution in [2.45, 2.75) is 26.3 Å². The Morgan fingerprint density at radius 1 is 1.42 bits per heavy atom. The summed E-state index contributed by atoms with van der Waals surface area (Å²) in [7, 11) is 0. The van der Waals surface area contributed by atoms with Crippen molar-refractivity contribution in [3.05, 3.63) is 50.9 Å². The van der Waals surface area contributed by atoms with Gasteiger partial charge in [0.15, 0.2) is 0 Å². The van der Waals surface area contributed by atoms with Gasteiger partial charge in [-0.2, -0.15) is 0 Å². The number of aryl methyl sites for hydroxylation is 1. The van der Waals surface area contributed by atoms with Gasteiger partial charge in [-0.25, -0.2) is 4.98 Å². The molecule has 0 saturated carbocycles. The number of pyridine rings is 1. The lowest BCUT2D eigenvalue weighted by Crippen LogP contribution is -2.33. The lowest BCUT2D eigenvalue weighted by atomic mass is 10.2. The number of aromatic nitrogens is 1. The van der Waals surface area contributed by atoms with E-state index in [4.69, 9.17) is 11.6 Å². The second kappa shape index (κ2) is 6.17. The number of nitrogens with one attached hydrogen (secondary N) is 1. The number of carbonyl (C=O) groups excluding carboxylic acids is 1. The van der Waals surface area contributed by atoms with E-state index in [0.717, 1.165) is 6.42 Å². The van der Waals surface area contributed by atoms with E-state index in [1.165, 1.54) is 16.0 Å². The van der Waals surface area contributed by atoms with Gasteiger partial charge in [0.25, 0.3) is 5.91 Å². The van der Waals surface area contributed by atoms with Gasteiger partial charge in [-0.15, -0.1) is 11.3 Å². The second-order valence-corrected chi connectivity index (χ2v) is 6.22. The molecule has 0 aromatic carbocycles. The third-order valence-electron chi connectivity index (χ3n) is 2.67. The molecule has 2 aromatic heterocycles. The average molecular weight is 295 g/mol. The van der Waals surface area contributed by atoms with Gasteiger partial charge in [-0.1, -0.05) is 11.6 Å². The summed E-state index contributed by atoms with van der Waals surface area (Å²) in [5, 5.41) is 3.35. The maximum absolute atomic E-state index is 12.0. The molecule has 0 aliphatic rings. The zero-order valence-electron chi connectivity index (χ0n) is 10.8. The summed E-state index contributed by atoms with van der Waals surface area (Å²) in [6.45, 7) is 4.08. The molecule has 0 spiro atoms. The summed E-state index contributed by atoms with van der Waals surface area (Å²) < 4.78 is 0. The molecule has 1 unspecified atom stereocenters. The molecule has 0 aliphatic heterocycles. The van der Waals surface area contributed by atoms with Gasteiger partial charge in [0, 0.05) is 28.4 Å². The summed E-state index contributed by atoms with van der Waals surface area (Å²) in [6, 6.07) is 7.57. The van der Waals surface area contributed by atoms with Crippen LogP contribution in [0.2, 0.25) is 5.15 Å². The molecule has 100 valence electrons. The Morgan fingerprint density at radius 2 is 2.21 bits per heavy atom. The van der Waals surface area contributed by atoms with Crippen LogP contribution in [-0.2, 0) is 6.42 Å². The monoisotopic (exact) mass is 294 g/mol. The molecule has 0 fully saturated rings. The maximum Gasteiger partial charge on any atom is 0.253 e. The average Bonchev–Trinajstić information content (AvgIpc) is 2.75. The molecular formula is C14H15ClN2OS. The van der Waals surface area contributed by atoms with Crippen LogP contribution in [-0.4, -0.2) is 16.9 Å². The van der Waals surface area contributed by atoms with Crippen LogP contribution in [0.25, 0.3) is 0 Å². The van der Waals surface area contributed by atoms with Crippen molar-refractivity contribution < 1.29 is 4.79 Å². The fourth-order valence-corrected chi connectivity index (χ4v) is 2.90. The van der Waals surface area contributed by atoms with Crippen LogP contribution in [0, 0.1) is 6.92 Å². The Morgan fingerprint density at radius 3 is 2.79 bits per heavy atom. The lowest BCUT2D eigenvalue weighted by molar-refractivity contribution is 0.0940. The summed E-state index contributed by atoms with van der Waals surface area (Å²) in [4.78, 5) is 18.4. The maximum atomic E-state index is 12.0. The van der Waals surface area contributed by atoms with Crippen LogP contribution in [0.15, 0.2) is 30.5 Å². The van der Waals surface area contributed by atoms with Crippen molar-refractivity contribution in [2.75, 3.05) is 0 Å². The van der Waals surface area contributed by atoms with Crippen LogP contribution >= 0.6 is 22.9 Å². The minimum atomic E-state index is -0.120. The summed E-state index contributed by atoms with van der Waals surface area (Å²) in [5.41, 5.74) is 0.526. The van der Waals surface area contributed by atoms with Crippen LogP contribution in [0.3, 0.4) is 0 Å². The molecule has 2 aromatic rings. The van der Waals surface area contributed by atoms with Crippen LogP contribution in [0.4, 0.5) is 0 Å². The van der Waals surface area contributed by atoms with Crippen LogP contribution in [0.1, 0.15) is 27.0 Å². The fourth-order valence-electron chi connectivity index (χ4n) is 1.76. The van der Waals surface area contributed by atoms with Gasteiger partial charge in [-0.05, 0) is 38.1 Å². The number of nitrogens with zero attached hydrogens (tertiary/aromatic N) is 1. The Kier molecular flexibility index (Phi) is 4.56. The Bertz CT molecular complexity index is 565. The number of halogens is 1. The van der Waals surface area contributed by atoms with Crippen molar-refractivity contribution >= 4 is 28.8 Å². The van der Waals surface area contributed by atoms with Crippen molar-refractivity contribution in [3.8, 4) is 0 Å². The predicted octanol–water partition coefficient (Wildman–Crippen LogP) is 3.47. The summed E-state index contributed by atoms with van der Waals surface area (Å²) >= 11 is 7.45. The van der Waals surface area contributed by atoms with Crippen molar-refractivity contribution in [1.82, 2.24) is 10.3 Å². The molecule has 2 heterocycles. The number of hydrogen-bond donors (Lipinski definition) is 1. The number of amides is 1. The molecule has 0 saturated heterocycles. The van der Waals surface area contributed by atoms with E-state index in [-0.39, 0.29) is 11.9 Å². The molecule has 0 bridgehead atoms. The molecule has 1 amide bonds. The predicted molar refractivity (Wildman–Crippen MR) is 78.9 cm³/mol. The number of hydrogen-bond acceptors (Lipinski definition) is 3. The molecule has 0 aliphatic carbocycles. The topological polar surface area (TPSA) is 42.0 Å². The first-order valence-corrected chi connectivity index (χ1v) is 7.22. The zero-order chi connectivity index (χ0) is 13.8. The Labute approximate surface area is 121 Å². The highest BCUT2D eigenvalue weighted by molar-refractivity contribution is 7.11. The quantitative estimate of drug-likeness (QED) is 0.877. The standard InChI is InChI=1S/C14H15ClN2OS/c1-9(7-12-5-3-10(2)19-12)17-14(18)11-4-6-13(15)16-8-11/h3-6,8-9H,7H2,1-2H3,(H,17,18). The van der Waals surface area contributed by atoms with E-state index in [2.05, 4.69) is 29.4 Å². The first-order valence-electron chi connectivity index (χ1n) is 6.02. The van der Waals surface area contributed by atoms with Gasteiger partial charge in [0.2, 0.25) is 0 Å². The molecule has 1 N–H and O–H groups in total. The molecule has 0 radical (unpaired) electrons. The third-order valence-corrected chi connectivity index (χ3v) is 3.92. The minimum Gasteiger partial charge on any atom is -0.349 e. The fraction of sp³-hybridized carbons (Fsp3) is 0.286. The van der Waals surface area contributed by atoms with E-state index in [0.29, 0.717) is 10.7 Å². The number of thiophene rings is 1. The largest absolute Gasteiger partial charge is 0.349 e. The zero-order valence-corrected chi connectivity index (χ0v) is 12.4. The highest BCUT2D eigenvalue weighted by Gasteiger charge is 2.11. The summed E-state index contributed by atoms with van der Waals surface area (Å²) in [5.74, 6) is -0.120. The van der Waals surface area contributed by atoms with Gasteiger partial charge < -0.3 is 5.32 Å². The minimum absolute atomic E-state index is 0.0845. The van der Waals surface area contributed by atoms with E-state index in [1.54, 1.807) is 23.5 Å². The van der Waals surface area contributed by atoms with Gasteiger partial charge in [-0.3, -0.25) is 4.79 Å². The SMILES string of the molecule is Cc1ccc(CC(C)NC(=O)c2ccc(Cl)nc2)s1. The van der Waals surface area contributed by atoms with Crippen molar-refractivity contribution in [2.24, 2.45) is 0 Å². The van der Waals surface area contributed by atoms with Crippen LogP contribution < -0.4 is 5.32 Å².